The van der Waals surface area contributed by atoms with Crippen molar-refractivity contribution in [3.8, 4) is 0 Å². The van der Waals surface area contributed by atoms with Crippen LogP contribution in [0.1, 0.15) is 24.2 Å². The second-order valence-corrected chi connectivity index (χ2v) is 5.14. The minimum absolute atomic E-state index is 0.182. The highest BCUT2D eigenvalue weighted by Gasteiger charge is 2.16. The Hall–Kier alpha value is -1.07. The van der Waals surface area contributed by atoms with Gasteiger partial charge in [0.15, 0.2) is 0 Å². The number of hydrogen-bond donors (Lipinski definition) is 3. The molecule has 0 aliphatic rings. The number of nitrogens with one attached hydrogen (secondary N) is 1. The third-order valence-electron chi connectivity index (χ3n) is 1.94. The summed E-state index contributed by atoms with van der Waals surface area (Å²) >= 11 is 3.26. The lowest BCUT2D eigenvalue weighted by atomic mass is 10.1. The molecule has 0 bridgehead atoms. The fraction of sp³-hybridized carbons (Fsp3) is 0.364. The highest BCUT2D eigenvalue weighted by molar-refractivity contribution is 9.10. The normalized spacial score (nSPS) is 11.2. The Labute approximate surface area is 103 Å². The van der Waals surface area contributed by atoms with Gasteiger partial charge in [0.2, 0.25) is 0 Å². The first-order chi connectivity index (χ1) is 7.29. The lowest BCUT2D eigenvalue weighted by Crippen LogP contribution is -2.38. The summed E-state index contributed by atoms with van der Waals surface area (Å²) in [5.41, 5.74) is 5.59. The van der Waals surface area contributed by atoms with Crippen LogP contribution in [0.25, 0.3) is 0 Å². The Morgan fingerprint density at radius 2 is 2.19 bits per heavy atom. The fourth-order valence-electron chi connectivity index (χ4n) is 1.13. The van der Waals surface area contributed by atoms with Gasteiger partial charge in [-0.3, -0.25) is 4.79 Å². The van der Waals surface area contributed by atoms with Crippen LogP contribution in [0.2, 0.25) is 0 Å². The predicted molar refractivity (Wildman–Crippen MR) is 67.2 cm³/mol. The summed E-state index contributed by atoms with van der Waals surface area (Å²) in [7, 11) is 0. The van der Waals surface area contributed by atoms with Crippen molar-refractivity contribution in [2.75, 3.05) is 12.3 Å². The van der Waals surface area contributed by atoms with Crippen LogP contribution in [0, 0.1) is 0 Å². The number of aliphatic hydroxyl groups is 1. The number of hydrogen-bond acceptors (Lipinski definition) is 3. The van der Waals surface area contributed by atoms with Crippen molar-refractivity contribution in [2.45, 2.75) is 19.4 Å². The Bertz CT molecular complexity index is 399. The summed E-state index contributed by atoms with van der Waals surface area (Å²) in [6.07, 6.45) is 0. The molecule has 1 aromatic carbocycles. The molecule has 1 amide bonds. The monoisotopic (exact) mass is 286 g/mol. The molecule has 0 fully saturated rings. The number of halogens is 1. The number of nitrogen functional groups attached to an aromatic ring is 1. The molecule has 4 nitrogen and oxygen atoms in total. The van der Waals surface area contributed by atoms with Gasteiger partial charge in [-0.1, -0.05) is 15.9 Å². The minimum Gasteiger partial charge on any atom is -0.398 e. The summed E-state index contributed by atoms with van der Waals surface area (Å²) in [5.74, 6) is -0.285. The molecule has 0 atom stereocenters. The quantitative estimate of drug-likeness (QED) is 0.738. The third-order valence-corrected chi connectivity index (χ3v) is 2.43. The number of rotatable bonds is 3. The molecule has 0 aliphatic carbocycles. The van der Waals surface area contributed by atoms with E-state index in [1.54, 1.807) is 32.0 Å². The largest absolute Gasteiger partial charge is 0.398 e. The van der Waals surface area contributed by atoms with Gasteiger partial charge in [-0.2, -0.15) is 0 Å². The standard InChI is InChI=1S/C11H15BrN2O2/c1-11(2,16)6-14-10(15)8-4-3-7(12)5-9(8)13/h3-5,16H,6,13H2,1-2H3,(H,14,15). The maximum atomic E-state index is 11.7. The average Bonchev–Trinajstić information content (AvgIpc) is 2.13. The van der Waals surface area contributed by atoms with E-state index in [9.17, 15) is 9.90 Å². The first-order valence-corrected chi connectivity index (χ1v) is 5.64. The number of carbonyl (C=O) groups is 1. The lowest BCUT2D eigenvalue weighted by Gasteiger charge is -2.18. The zero-order chi connectivity index (χ0) is 12.3. The highest BCUT2D eigenvalue weighted by atomic mass is 79.9. The summed E-state index contributed by atoms with van der Waals surface area (Å²) in [6, 6.07) is 5.05. The Kier molecular flexibility index (Phi) is 3.93. The van der Waals surface area contributed by atoms with Crippen molar-refractivity contribution in [1.82, 2.24) is 5.32 Å². The van der Waals surface area contributed by atoms with E-state index in [1.807, 2.05) is 0 Å². The van der Waals surface area contributed by atoms with Crippen molar-refractivity contribution in [3.05, 3.63) is 28.2 Å². The van der Waals surface area contributed by atoms with E-state index in [2.05, 4.69) is 21.2 Å². The highest BCUT2D eigenvalue weighted by Crippen LogP contribution is 2.18. The van der Waals surface area contributed by atoms with Gasteiger partial charge < -0.3 is 16.2 Å². The molecule has 88 valence electrons. The van der Waals surface area contributed by atoms with Crippen LogP contribution < -0.4 is 11.1 Å². The van der Waals surface area contributed by atoms with E-state index in [4.69, 9.17) is 5.73 Å². The first kappa shape index (κ1) is 13.0. The molecule has 1 rings (SSSR count). The molecule has 1 aromatic rings. The Morgan fingerprint density at radius 1 is 1.56 bits per heavy atom. The second kappa shape index (κ2) is 4.84. The summed E-state index contributed by atoms with van der Waals surface area (Å²) < 4.78 is 0.823. The SMILES string of the molecule is CC(C)(O)CNC(=O)c1ccc(Br)cc1N. The molecule has 0 saturated heterocycles. The van der Waals surface area contributed by atoms with Gasteiger partial charge in [-0.05, 0) is 32.0 Å². The van der Waals surface area contributed by atoms with Gasteiger partial charge in [0, 0.05) is 16.7 Å². The maximum absolute atomic E-state index is 11.7. The van der Waals surface area contributed by atoms with Gasteiger partial charge in [0.05, 0.1) is 11.2 Å². The van der Waals surface area contributed by atoms with Crippen LogP contribution in [0.3, 0.4) is 0 Å². The van der Waals surface area contributed by atoms with E-state index in [0.717, 1.165) is 4.47 Å². The number of benzene rings is 1. The van der Waals surface area contributed by atoms with Crippen LogP contribution in [-0.2, 0) is 0 Å². The molecule has 16 heavy (non-hydrogen) atoms. The summed E-state index contributed by atoms with van der Waals surface area (Å²) in [6.45, 7) is 3.43. The molecule has 0 saturated carbocycles. The van der Waals surface area contributed by atoms with Crippen LogP contribution in [-0.4, -0.2) is 23.2 Å². The molecule has 0 aromatic heterocycles. The number of amides is 1. The van der Waals surface area contributed by atoms with Crippen molar-refractivity contribution in [3.63, 3.8) is 0 Å². The van der Waals surface area contributed by atoms with Gasteiger partial charge in [0.1, 0.15) is 0 Å². The van der Waals surface area contributed by atoms with Gasteiger partial charge in [-0.25, -0.2) is 0 Å². The molecule has 0 spiro atoms. The van der Waals surface area contributed by atoms with Crippen LogP contribution in [0.4, 0.5) is 5.69 Å². The van der Waals surface area contributed by atoms with E-state index in [0.29, 0.717) is 11.3 Å². The topological polar surface area (TPSA) is 75.3 Å². The molecule has 5 heteroatoms. The summed E-state index contributed by atoms with van der Waals surface area (Å²) in [5, 5.41) is 12.1. The zero-order valence-electron chi connectivity index (χ0n) is 9.25. The molecule has 0 heterocycles. The molecule has 0 unspecified atom stereocenters. The van der Waals surface area contributed by atoms with E-state index in [-0.39, 0.29) is 12.5 Å². The van der Waals surface area contributed by atoms with Gasteiger partial charge in [-0.15, -0.1) is 0 Å². The minimum atomic E-state index is -0.931. The molecular weight excluding hydrogens is 272 g/mol. The zero-order valence-corrected chi connectivity index (χ0v) is 10.8. The van der Waals surface area contributed by atoms with Crippen LogP contribution in [0.5, 0.6) is 0 Å². The van der Waals surface area contributed by atoms with E-state index in [1.165, 1.54) is 0 Å². The third kappa shape index (κ3) is 3.83. The molecule has 0 radical (unpaired) electrons. The van der Waals surface area contributed by atoms with Gasteiger partial charge >= 0.3 is 0 Å². The second-order valence-electron chi connectivity index (χ2n) is 4.23. The Balaban J connectivity index is 2.74. The van der Waals surface area contributed by atoms with Crippen molar-refractivity contribution in [1.29, 1.82) is 0 Å². The number of anilines is 1. The smallest absolute Gasteiger partial charge is 0.253 e. The lowest BCUT2D eigenvalue weighted by molar-refractivity contribution is 0.0694. The van der Waals surface area contributed by atoms with Crippen molar-refractivity contribution in [2.24, 2.45) is 0 Å². The average molecular weight is 287 g/mol. The molecular formula is C11H15BrN2O2. The van der Waals surface area contributed by atoms with Crippen LogP contribution in [0.15, 0.2) is 22.7 Å². The van der Waals surface area contributed by atoms with E-state index < -0.39 is 5.60 Å². The maximum Gasteiger partial charge on any atom is 0.253 e. The number of nitrogens with two attached hydrogens (primary N) is 1. The van der Waals surface area contributed by atoms with E-state index >= 15 is 0 Å². The predicted octanol–water partition coefficient (Wildman–Crippen LogP) is 1.53. The first-order valence-electron chi connectivity index (χ1n) is 4.85. The molecule has 0 aliphatic heterocycles. The summed E-state index contributed by atoms with van der Waals surface area (Å²) in [4.78, 5) is 11.7. The number of carbonyl (C=O) groups excluding carboxylic acids is 1. The van der Waals surface area contributed by atoms with Crippen molar-refractivity contribution < 1.29 is 9.90 Å². The van der Waals surface area contributed by atoms with Crippen LogP contribution >= 0.6 is 15.9 Å². The fourth-order valence-corrected chi connectivity index (χ4v) is 1.51. The van der Waals surface area contributed by atoms with Gasteiger partial charge in [0.25, 0.3) is 5.91 Å². The molecule has 4 N–H and O–H groups in total. The Morgan fingerprint density at radius 3 is 2.69 bits per heavy atom. The van der Waals surface area contributed by atoms with Crippen molar-refractivity contribution >= 4 is 27.5 Å².